The first-order valence-electron chi connectivity index (χ1n) is 8.25. The van der Waals surface area contributed by atoms with E-state index in [2.05, 4.69) is 28.1 Å². The summed E-state index contributed by atoms with van der Waals surface area (Å²) in [7, 11) is 0. The standard InChI is InChI=1S/C17H26FN3/c1-2-5-19-12-14-9-15(18)11-17(10-14)21-8-7-20-6-3-4-16(20)13-21/h9-11,16,19H,2-8,12-13H2,1H3. The third kappa shape index (κ3) is 3.55. The third-order valence-corrected chi connectivity index (χ3v) is 4.65. The fourth-order valence-electron chi connectivity index (χ4n) is 3.55. The van der Waals surface area contributed by atoms with Gasteiger partial charge in [-0.15, -0.1) is 0 Å². The van der Waals surface area contributed by atoms with Crippen molar-refractivity contribution >= 4 is 5.69 Å². The van der Waals surface area contributed by atoms with Gasteiger partial charge in [0.25, 0.3) is 0 Å². The summed E-state index contributed by atoms with van der Waals surface area (Å²) in [6.45, 7) is 8.30. The lowest BCUT2D eigenvalue weighted by Crippen LogP contribution is -2.50. The molecule has 1 atom stereocenters. The Bertz CT molecular complexity index is 477. The van der Waals surface area contributed by atoms with Crippen LogP contribution in [-0.2, 0) is 6.54 Å². The molecule has 2 aliphatic heterocycles. The molecule has 1 unspecified atom stereocenters. The molecule has 21 heavy (non-hydrogen) atoms. The topological polar surface area (TPSA) is 18.5 Å². The van der Waals surface area contributed by atoms with Crippen molar-refractivity contribution in [2.45, 2.75) is 38.8 Å². The van der Waals surface area contributed by atoms with E-state index in [0.717, 1.165) is 50.4 Å². The SMILES string of the molecule is CCCNCc1cc(F)cc(N2CCN3CCCC3C2)c1. The van der Waals surface area contributed by atoms with Crippen LogP contribution in [0, 0.1) is 5.82 Å². The summed E-state index contributed by atoms with van der Waals surface area (Å²) in [5.41, 5.74) is 2.10. The number of hydrogen-bond acceptors (Lipinski definition) is 3. The number of fused-ring (bicyclic) bond motifs is 1. The molecule has 0 saturated carbocycles. The minimum Gasteiger partial charge on any atom is -0.369 e. The Labute approximate surface area is 127 Å². The molecule has 0 amide bonds. The van der Waals surface area contributed by atoms with Crippen LogP contribution in [0.2, 0.25) is 0 Å². The van der Waals surface area contributed by atoms with Crippen LogP contribution >= 0.6 is 0 Å². The fourth-order valence-corrected chi connectivity index (χ4v) is 3.55. The number of nitrogens with one attached hydrogen (secondary N) is 1. The van der Waals surface area contributed by atoms with Gasteiger partial charge >= 0.3 is 0 Å². The largest absolute Gasteiger partial charge is 0.369 e. The van der Waals surface area contributed by atoms with Crippen LogP contribution in [0.1, 0.15) is 31.7 Å². The predicted molar refractivity (Wildman–Crippen MR) is 85.2 cm³/mol. The van der Waals surface area contributed by atoms with Gasteiger partial charge in [0.05, 0.1) is 0 Å². The number of piperazine rings is 1. The highest BCUT2D eigenvalue weighted by molar-refractivity contribution is 5.50. The summed E-state index contributed by atoms with van der Waals surface area (Å²) in [6.07, 6.45) is 3.70. The van der Waals surface area contributed by atoms with Crippen LogP contribution in [0.15, 0.2) is 18.2 Å². The molecule has 116 valence electrons. The average Bonchev–Trinajstić information content (AvgIpc) is 2.94. The van der Waals surface area contributed by atoms with Crippen molar-refractivity contribution in [3.63, 3.8) is 0 Å². The zero-order valence-electron chi connectivity index (χ0n) is 12.9. The fraction of sp³-hybridized carbons (Fsp3) is 0.647. The molecule has 0 spiro atoms. The predicted octanol–water partition coefficient (Wildman–Crippen LogP) is 2.61. The number of nitrogens with zero attached hydrogens (tertiary/aromatic N) is 2. The van der Waals surface area contributed by atoms with Crippen molar-refractivity contribution in [1.82, 2.24) is 10.2 Å². The summed E-state index contributed by atoms with van der Waals surface area (Å²) >= 11 is 0. The molecular formula is C17H26FN3. The molecule has 3 nitrogen and oxygen atoms in total. The number of anilines is 1. The molecule has 2 fully saturated rings. The Morgan fingerprint density at radius 1 is 1.24 bits per heavy atom. The second-order valence-electron chi connectivity index (χ2n) is 6.27. The average molecular weight is 291 g/mol. The minimum atomic E-state index is -0.116. The molecule has 4 heteroatoms. The van der Waals surface area contributed by atoms with Crippen molar-refractivity contribution < 1.29 is 4.39 Å². The van der Waals surface area contributed by atoms with E-state index >= 15 is 0 Å². The quantitative estimate of drug-likeness (QED) is 0.841. The van der Waals surface area contributed by atoms with E-state index in [0.29, 0.717) is 6.04 Å². The van der Waals surface area contributed by atoms with E-state index in [9.17, 15) is 4.39 Å². The molecule has 1 aromatic rings. The Morgan fingerprint density at radius 3 is 3.00 bits per heavy atom. The molecule has 3 rings (SSSR count). The van der Waals surface area contributed by atoms with E-state index in [1.54, 1.807) is 12.1 Å². The lowest BCUT2D eigenvalue weighted by atomic mass is 10.1. The van der Waals surface area contributed by atoms with E-state index in [1.165, 1.54) is 19.4 Å². The first-order valence-corrected chi connectivity index (χ1v) is 8.25. The lowest BCUT2D eigenvalue weighted by Gasteiger charge is -2.39. The third-order valence-electron chi connectivity index (χ3n) is 4.65. The highest BCUT2D eigenvalue weighted by atomic mass is 19.1. The molecule has 2 aliphatic rings. The second kappa shape index (κ2) is 6.75. The Morgan fingerprint density at radius 2 is 2.14 bits per heavy atom. The van der Waals surface area contributed by atoms with Crippen LogP contribution in [0.25, 0.3) is 0 Å². The van der Waals surface area contributed by atoms with Crippen LogP contribution in [-0.4, -0.2) is 43.7 Å². The smallest absolute Gasteiger partial charge is 0.125 e. The maximum Gasteiger partial charge on any atom is 0.125 e. The summed E-state index contributed by atoms with van der Waals surface area (Å²) in [5.74, 6) is -0.116. The van der Waals surface area contributed by atoms with Crippen molar-refractivity contribution in [3.05, 3.63) is 29.6 Å². The molecule has 1 aromatic carbocycles. The molecule has 0 bridgehead atoms. The number of halogens is 1. The van der Waals surface area contributed by atoms with Gasteiger partial charge in [0.2, 0.25) is 0 Å². The number of benzene rings is 1. The normalized spacial score (nSPS) is 22.6. The van der Waals surface area contributed by atoms with Crippen molar-refractivity contribution in [2.24, 2.45) is 0 Å². The van der Waals surface area contributed by atoms with Crippen molar-refractivity contribution in [3.8, 4) is 0 Å². The molecule has 2 heterocycles. The second-order valence-corrected chi connectivity index (χ2v) is 6.27. The minimum absolute atomic E-state index is 0.116. The summed E-state index contributed by atoms with van der Waals surface area (Å²) in [4.78, 5) is 4.94. The van der Waals surface area contributed by atoms with Gasteiger partial charge in [-0.1, -0.05) is 6.92 Å². The van der Waals surface area contributed by atoms with Crippen LogP contribution < -0.4 is 10.2 Å². The van der Waals surface area contributed by atoms with Crippen molar-refractivity contribution in [1.29, 1.82) is 0 Å². The Hall–Kier alpha value is -1.13. The van der Waals surface area contributed by atoms with E-state index < -0.39 is 0 Å². The zero-order valence-corrected chi connectivity index (χ0v) is 12.9. The Kier molecular flexibility index (Phi) is 4.76. The van der Waals surface area contributed by atoms with Crippen LogP contribution in [0.4, 0.5) is 10.1 Å². The molecule has 0 aliphatic carbocycles. The van der Waals surface area contributed by atoms with E-state index in [-0.39, 0.29) is 5.82 Å². The van der Waals surface area contributed by atoms with Gasteiger partial charge in [-0.25, -0.2) is 4.39 Å². The lowest BCUT2D eigenvalue weighted by molar-refractivity contribution is 0.231. The van der Waals surface area contributed by atoms with Crippen LogP contribution in [0.5, 0.6) is 0 Å². The Balaban J connectivity index is 1.69. The van der Waals surface area contributed by atoms with Crippen LogP contribution in [0.3, 0.4) is 0 Å². The maximum atomic E-state index is 13.9. The van der Waals surface area contributed by atoms with Gasteiger partial charge < -0.3 is 10.2 Å². The summed E-state index contributed by atoms with van der Waals surface area (Å²) < 4.78 is 13.9. The number of hydrogen-bond donors (Lipinski definition) is 1. The van der Waals surface area contributed by atoms with E-state index in [4.69, 9.17) is 0 Å². The van der Waals surface area contributed by atoms with Gasteiger partial charge in [-0.2, -0.15) is 0 Å². The summed E-state index contributed by atoms with van der Waals surface area (Å²) in [6, 6.07) is 6.16. The van der Waals surface area contributed by atoms with Gasteiger partial charge in [0, 0.05) is 37.9 Å². The highest BCUT2D eigenvalue weighted by Crippen LogP contribution is 2.26. The summed E-state index contributed by atoms with van der Waals surface area (Å²) in [5, 5.41) is 3.35. The first kappa shape index (κ1) is 14.8. The maximum absolute atomic E-state index is 13.9. The number of rotatable bonds is 5. The zero-order chi connectivity index (χ0) is 14.7. The molecule has 0 aromatic heterocycles. The first-order chi connectivity index (χ1) is 10.3. The van der Waals surface area contributed by atoms with E-state index in [1.807, 2.05) is 0 Å². The van der Waals surface area contributed by atoms with Gasteiger partial charge in [-0.3, -0.25) is 4.90 Å². The highest BCUT2D eigenvalue weighted by Gasteiger charge is 2.30. The van der Waals surface area contributed by atoms with Gasteiger partial charge in [0.1, 0.15) is 5.82 Å². The molecule has 1 N–H and O–H groups in total. The monoisotopic (exact) mass is 291 g/mol. The van der Waals surface area contributed by atoms with Gasteiger partial charge in [0.15, 0.2) is 0 Å². The van der Waals surface area contributed by atoms with Crippen molar-refractivity contribution in [2.75, 3.05) is 37.6 Å². The van der Waals surface area contributed by atoms with Gasteiger partial charge in [-0.05, 0) is 56.1 Å². The molecular weight excluding hydrogens is 265 g/mol. The molecule has 2 saturated heterocycles. The molecule has 0 radical (unpaired) electrons.